The van der Waals surface area contributed by atoms with Crippen LogP contribution >= 0.6 is 12.6 Å². The molecule has 1 aromatic carbocycles. The summed E-state index contributed by atoms with van der Waals surface area (Å²) in [4.78, 5) is 0.883. The molecule has 3 heteroatoms. The molecule has 1 rings (SSSR count). The molecule has 0 bridgehead atoms. The Kier molecular flexibility index (Phi) is 3.44. The number of rotatable bonds is 3. The van der Waals surface area contributed by atoms with E-state index >= 15 is 0 Å². The SMILES string of the molecule is CCC(O)Oc1ccc(S)cc1. The predicted octanol–water partition coefficient (Wildman–Crippen LogP) is 2.08. The smallest absolute Gasteiger partial charge is 0.197 e. The van der Waals surface area contributed by atoms with E-state index in [0.29, 0.717) is 12.2 Å². The van der Waals surface area contributed by atoms with Crippen molar-refractivity contribution in [1.29, 1.82) is 0 Å². The zero-order chi connectivity index (χ0) is 8.97. The summed E-state index contributed by atoms with van der Waals surface area (Å²) in [5.41, 5.74) is 0. The second-order valence-corrected chi connectivity index (χ2v) is 2.99. The van der Waals surface area contributed by atoms with Gasteiger partial charge in [0.05, 0.1) is 0 Å². The van der Waals surface area contributed by atoms with Gasteiger partial charge in [0.25, 0.3) is 0 Å². The first-order valence-corrected chi connectivity index (χ1v) is 4.31. The standard InChI is InChI=1S/C9H12O2S/c1-2-9(10)11-7-3-5-8(12)6-4-7/h3-6,9-10,12H,2H2,1H3. The number of hydrogen-bond donors (Lipinski definition) is 2. The molecule has 0 heterocycles. The second-order valence-electron chi connectivity index (χ2n) is 2.47. The highest BCUT2D eigenvalue weighted by Gasteiger charge is 2.00. The molecule has 0 aromatic heterocycles. The van der Waals surface area contributed by atoms with Crippen molar-refractivity contribution in [3.63, 3.8) is 0 Å². The lowest BCUT2D eigenvalue weighted by atomic mass is 10.3. The first-order chi connectivity index (χ1) is 5.72. The summed E-state index contributed by atoms with van der Waals surface area (Å²) < 4.78 is 5.14. The van der Waals surface area contributed by atoms with Gasteiger partial charge in [-0.05, 0) is 24.3 Å². The minimum Gasteiger partial charge on any atom is -0.465 e. The number of thiol groups is 1. The van der Waals surface area contributed by atoms with Crippen LogP contribution in [-0.2, 0) is 0 Å². The van der Waals surface area contributed by atoms with Gasteiger partial charge >= 0.3 is 0 Å². The van der Waals surface area contributed by atoms with Crippen LogP contribution in [-0.4, -0.2) is 11.4 Å². The largest absolute Gasteiger partial charge is 0.465 e. The summed E-state index contributed by atoms with van der Waals surface area (Å²) in [5, 5.41) is 9.14. The van der Waals surface area contributed by atoms with E-state index in [1.54, 1.807) is 12.1 Å². The van der Waals surface area contributed by atoms with Crippen molar-refractivity contribution in [3.05, 3.63) is 24.3 Å². The van der Waals surface area contributed by atoms with Crippen molar-refractivity contribution in [2.75, 3.05) is 0 Å². The summed E-state index contributed by atoms with van der Waals surface area (Å²) in [6.45, 7) is 1.86. The fraction of sp³-hybridized carbons (Fsp3) is 0.333. The maximum absolute atomic E-state index is 9.14. The van der Waals surface area contributed by atoms with Crippen molar-refractivity contribution in [1.82, 2.24) is 0 Å². The number of aliphatic hydroxyl groups is 1. The number of benzene rings is 1. The highest BCUT2D eigenvalue weighted by atomic mass is 32.1. The van der Waals surface area contributed by atoms with Gasteiger partial charge in [0.1, 0.15) is 5.75 Å². The summed E-state index contributed by atoms with van der Waals surface area (Å²) >= 11 is 4.13. The van der Waals surface area contributed by atoms with Crippen LogP contribution in [0.15, 0.2) is 29.2 Å². The first-order valence-electron chi connectivity index (χ1n) is 3.86. The quantitative estimate of drug-likeness (QED) is 0.556. The molecule has 0 saturated heterocycles. The normalized spacial score (nSPS) is 12.6. The minimum absolute atomic E-state index is 0.586. The molecule has 66 valence electrons. The Bertz CT molecular complexity index is 233. The van der Waals surface area contributed by atoms with Crippen LogP contribution in [0.4, 0.5) is 0 Å². The third-order valence-corrected chi connectivity index (χ3v) is 1.76. The molecule has 1 unspecified atom stereocenters. The third-order valence-electron chi connectivity index (χ3n) is 1.46. The lowest BCUT2D eigenvalue weighted by Gasteiger charge is -2.10. The molecule has 0 aliphatic rings. The lowest BCUT2D eigenvalue weighted by Crippen LogP contribution is -2.13. The zero-order valence-corrected chi connectivity index (χ0v) is 7.79. The zero-order valence-electron chi connectivity index (χ0n) is 6.90. The van der Waals surface area contributed by atoms with Crippen molar-refractivity contribution < 1.29 is 9.84 Å². The van der Waals surface area contributed by atoms with Gasteiger partial charge in [-0.3, -0.25) is 0 Å². The van der Waals surface area contributed by atoms with Crippen LogP contribution in [0.3, 0.4) is 0 Å². The molecule has 1 aromatic rings. The predicted molar refractivity (Wildman–Crippen MR) is 50.6 cm³/mol. The summed E-state index contributed by atoms with van der Waals surface area (Å²) in [7, 11) is 0. The van der Waals surface area contributed by atoms with Crippen LogP contribution in [0.2, 0.25) is 0 Å². The van der Waals surface area contributed by atoms with E-state index in [-0.39, 0.29) is 0 Å². The highest BCUT2D eigenvalue weighted by Crippen LogP contribution is 2.15. The molecule has 0 aliphatic carbocycles. The lowest BCUT2D eigenvalue weighted by molar-refractivity contribution is -0.0191. The Labute approximate surface area is 77.6 Å². The topological polar surface area (TPSA) is 29.5 Å². The van der Waals surface area contributed by atoms with Gasteiger partial charge in [-0.15, -0.1) is 12.6 Å². The molecule has 12 heavy (non-hydrogen) atoms. The average Bonchev–Trinajstić information content (AvgIpc) is 2.09. The van der Waals surface area contributed by atoms with Crippen molar-refractivity contribution >= 4 is 12.6 Å². The van der Waals surface area contributed by atoms with Crippen molar-refractivity contribution in [3.8, 4) is 5.75 Å². The molecule has 1 atom stereocenters. The van der Waals surface area contributed by atoms with Gasteiger partial charge in [-0.25, -0.2) is 0 Å². The number of aliphatic hydroxyl groups excluding tert-OH is 1. The summed E-state index contributed by atoms with van der Waals surface area (Å²) in [6.07, 6.45) is -0.126. The number of hydrogen-bond acceptors (Lipinski definition) is 3. The van der Waals surface area contributed by atoms with Crippen molar-refractivity contribution in [2.45, 2.75) is 24.5 Å². The third kappa shape index (κ3) is 2.75. The monoisotopic (exact) mass is 184 g/mol. The molecule has 0 aliphatic heterocycles. The fourth-order valence-electron chi connectivity index (χ4n) is 0.765. The van der Waals surface area contributed by atoms with E-state index in [9.17, 15) is 0 Å². The Morgan fingerprint density at radius 2 is 2.00 bits per heavy atom. The molecule has 1 N–H and O–H groups in total. The molecule has 0 saturated carbocycles. The van der Waals surface area contributed by atoms with Gasteiger partial charge in [-0.2, -0.15) is 0 Å². The van der Waals surface area contributed by atoms with Gasteiger partial charge in [0.2, 0.25) is 0 Å². The van der Waals surface area contributed by atoms with Crippen LogP contribution in [0.5, 0.6) is 5.75 Å². The van der Waals surface area contributed by atoms with E-state index in [1.807, 2.05) is 19.1 Å². The van der Waals surface area contributed by atoms with Crippen LogP contribution in [0.25, 0.3) is 0 Å². The highest BCUT2D eigenvalue weighted by molar-refractivity contribution is 7.80. The second kappa shape index (κ2) is 4.38. The van der Waals surface area contributed by atoms with E-state index in [4.69, 9.17) is 9.84 Å². The van der Waals surface area contributed by atoms with E-state index in [0.717, 1.165) is 4.90 Å². The maximum Gasteiger partial charge on any atom is 0.197 e. The molecule has 2 nitrogen and oxygen atoms in total. The molecular weight excluding hydrogens is 172 g/mol. The van der Waals surface area contributed by atoms with E-state index in [2.05, 4.69) is 12.6 Å². The molecule has 0 radical (unpaired) electrons. The van der Waals surface area contributed by atoms with Crippen LogP contribution in [0.1, 0.15) is 13.3 Å². The molecular formula is C9H12O2S. The van der Waals surface area contributed by atoms with E-state index < -0.39 is 6.29 Å². The first kappa shape index (κ1) is 9.42. The van der Waals surface area contributed by atoms with E-state index in [1.165, 1.54) is 0 Å². The van der Waals surface area contributed by atoms with Crippen molar-refractivity contribution in [2.24, 2.45) is 0 Å². The van der Waals surface area contributed by atoms with Gasteiger partial charge in [-0.1, -0.05) is 6.92 Å². The Morgan fingerprint density at radius 1 is 1.42 bits per heavy atom. The summed E-state index contributed by atoms with van der Waals surface area (Å²) in [6, 6.07) is 7.20. The van der Waals surface area contributed by atoms with Gasteiger partial charge < -0.3 is 9.84 Å². The van der Waals surface area contributed by atoms with Crippen LogP contribution < -0.4 is 4.74 Å². The molecule has 0 fully saturated rings. The molecule has 0 spiro atoms. The number of ether oxygens (including phenoxy) is 1. The molecule has 0 amide bonds. The Morgan fingerprint density at radius 3 is 2.50 bits per heavy atom. The summed E-state index contributed by atoms with van der Waals surface area (Å²) in [5.74, 6) is 0.669. The van der Waals surface area contributed by atoms with Crippen LogP contribution in [0, 0.1) is 0 Å². The Hall–Kier alpha value is -0.670. The average molecular weight is 184 g/mol. The fourth-order valence-corrected chi connectivity index (χ4v) is 0.914. The Balaban J connectivity index is 2.58. The minimum atomic E-state index is -0.712. The van der Waals surface area contributed by atoms with Gasteiger partial charge in [0.15, 0.2) is 6.29 Å². The maximum atomic E-state index is 9.14. The van der Waals surface area contributed by atoms with Gasteiger partial charge in [0, 0.05) is 11.3 Å².